The van der Waals surface area contributed by atoms with Crippen molar-refractivity contribution in [3.63, 3.8) is 0 Å². The van der Waals surface area contributed by atoms with E-state index in [9.17, 15) is 49.1 Å². The molecule has 1 heterocycles. The van der Waals surface area contributed by atoms with E-state index < -0.39 is 64.9 Å². The first-order chi connectivity index (χ1) is 20.0. The Hall–Kier alpha value is -4.23. The van der Waals surface area contributed by atoms with Gasteiger partial charge in [-0.25, -0.2) is 4.79 Å². The summed E-state index contributed by atoms with van der Waals surface area (Å²) in [5.41, 5.74) is -4.55. The zero-order valence-corrected chi connectivity index (χ0v) is 22.0. The number of hydrogen-bond donors (Lipinski definition) is 1. The van der Waals surface area contributed by atoms with Crippen molar-refractivity contribution in [2.24, 2.45) is 0 Å². The van der Waals surface area contributed by atoms with Crippen LogP contribution in [0.1, 0.15) is 45.5 Å². The van der Waals surface area contributed by atoms with E-state index in [0.717, 1.165) is 17.0 Å². The van der Waals surface area contributed by atoms with Crippen LogP contribution in [0.4, 0.5) is 50.0 Å². The molecule has 0 spiro atoms. The van der Waals surface area contributed by atoms with E-state index in [1.165, 1.54) is 6.07 Å². The number of halogens is 9. The lowest BCUT2D eigenvalue weighted by molar-refractivity contribution is -0.143. The normalized spacial score (nSPS) is 17.8. The number of hydrogen-bond acceptors (Lipinski definition) is 3. The minimum Gasteiger partial charge on any atom is -0.446 e. The molecule has 1 N–H and O–H groups in total. The highest BCUT2D eigenvalue weighted by Gasteiger charge is 2.40. The van der Waals surface area contributed by atoms with E-state index in [1.807, 2.05) is 0 Å². The van der Waals surface area contributed by atoms with Gasteiger partial charge in [0.2, 0.25) is 0 Å². The van der Waals surface area contributed by atoms with E-state index in [4.69, 9.17) is 4.74 Å². The first-order valence-electron chi connectivity index (χ1n) is 12.8. The molecule has 2 atom stereocenters. The summed E-state index contributed by atoms with van der Waals surface area (Å²) in [6, 6.07) is 12.2. The summed E-state index contributed by atoms with van der Waals surface area (Å²) >= 11 is 0. The Bertz CT molecular complexity index is 1420. The predicted octanol–water partition coefficient (Wildman–Crippen LogP) is 8.21. The van der Waals surface area contributed by atoms with Crippen molar-refractivity contribution in [3.8, 4) is 0 Å². The molecule has 0 bridgehead atoms. The van der Waals surface area contributed by atoms with Gasteiger partial charge in [0.25, 0.3) is 5.91 Å². The van der Waals surface area contributed by atoms with Crippen molar-refractivity contribution in [2.75, 3.05) is 11.9 Å². The van der Waals surface area contributed by atoms with Gasteiger partial charge in [-0.1, -0.05) is 36.4 Å². The number of amides is 2. The maximum Gasteiger partial charge on any atom is 0.416 e. The average molecular weight is 618 g/mol. The minimum absolute atomic E-state index is 0.0296. The average Bonchev–Trinajstić information content (AvgIpc) is 2.92. The number of carbonyl (C=O) groups excluding carboxylic acids is 2. The lowest BCUT2D eigenvalue weighted by Crippen LogP contribution is -2.49. The molecule has 1 fully saturated rings. The molecule has 1 aliphatic heterocycles. The standard InChI is InChI=1S/C29H23F9N2O3/c30-27(31,32)19-7-4-8-22(15-19)39-26(42)43-24-9-10-40(23(16-24)11-17-5-2-1-3-6-17)25(41)18-12-20(28(33,34)35)14-21(13-18)29(36,37)38/h1-8,12-15,23-24H,9-11,16H2,(H,39,42)/t23-,24+/m1/s1. The number of alkyl halides is 9. The Morgan fingerprint density at radius 2 is 1.37 bits per heavy atom. The summed E-state index contributed by atoms with van der Waals surface area (Å²) in [5.74, 6) is -1.07. The highest BCUT2D eigenvalue weighted by molar-refractivity contribution is 5.95. The number of rotatable bonds is 5. The molecular formula is C29H23F9N2O3. The number of benzene rings is 3. The molecule has 4 rings (SSSR count). The highest BCUT2D eigenvalue weighted by atomic mass is 19.4. The molecule has 0 unspecified atom stereocenters. The molecule has 14 heteroatoms. The van der Waals surface area contributed by atoms with Crippen molar-refractivity contribution in [1.29, 1.82) is 0 Å². The Kier molecular flexibility index (Phi) is 8.97. The predicted molar refractivity (Wildman–Crippen MR) is 136 cm³/mol. The van der Waals surface area contributed by atoms with Crippen molar-refractivity contribution in [3.05, 3.63) is 101 Å². The number of carbonyl (C=O) groups is 2. The van der Waals surface area contributed by atoms with Crippen LogP contribution >= 0.6 is 0 Å². The quantitative estimate of drug-likeness (QED) is 0.294. The molecular weight excluding hydrogens is 595 g/mol. The molecule has 5 nitrogen and oxygen atoms in total. The zero-order chi connectivity index (χ0) is 31.6. The van der Waals surface area contributed by atoms with E-state index in [0.29, 0.717) is 23.8 Å². The van der Waals surface area contributed by atoms with Crippen LogP contribution in [0.25, 0.3) is 0 Å². The van der Waals surface area contributed by atoms with Gasteiger partial charge in [-0.15, -0.1) is 0 Å². The van der Waals surface area contributed by atoms with Gasteiger partial charge in [0.1, 0.15) is 6.10 Å². The summed E-state index contributed by atoms with van der Waals surface area (Å²) in [6.07, 6.45) is -16.8. The smallest absolute Gasteiger partial charge is 0.416 e. The number of nitrogens with one attached hydrogen (secondary N) is 1. The number of likely N-dealkylation sites (tertiary alicyclic amines) is 1. The molecule has 0 radical (unpaired) electrons. The number of anilines is 1. The van der Waals surface area contributed by atoms with Gasteiger partial charge in [0.05, 0.1) is 16.7 Å². The SMILES string of the molecule is O=C(Nc1cccc(C(F)(F)F)c1)O[C@H]1CCN(C(=O)c2cc(C(F)(F)F)cc(C(F)(F)F)c2)[C@H](Cc2ccccc2)C1. The third-order valence-corrected chi connectivity index (χ3v) is 6.79. The van der Waals surface area contributed by atoms with Crippen molar-refractivity contribution in [1.82, 2.24) is 4.90 Å². The Balaban J connectivity index is 1.56. The Morgan fingerprint density at radius 3 is 1.95 bits per heavy atom. The van der Waals surface area contributed by atoms with Crippen molar-refractivity contribution >= 4 is 17.7 Å². The van der Waals surface area contributed by atoms with Crippen LogP contribution in [0.3, 0.4) is 0 Å². The molecule has 43 heavy (non-hydrogen) atoms. The van der Waals surface area contributed by atoms with Gasteiger partial charge in [-0.05, 0) is 48.4 Å². The lowest BCUT2D eigenvalue weighted by atomic mass is 9.92. The molecule has 3 aromatic carbocycles. The number of piperidine rings is 1. The summed E-state index contributed by atoms with van der Waals surface area (Å²) in [5, 5.41) is 2.21. The van der Waals surface area contributed by atoms with Gasteiger partial charge in [-0.2, -0.15) is 39.5 Å². The number of ether oxygens (including phenoxy) is 1. The monoisotopic (exact) mass is 618 g/mol. The third kappa shape index (κ3) is 8.20. The second-order valence-electron chi connectivity index (χ2n) is 9.89. The van der Waals surface area contributed by atoms with Crippen LogP contribution in [-0.4, -0.2) is 35.6 Å². The second kappa shape index (κ2) is 12.2. The van der Waals surface area contributed by atoms with Crippen LogP contribution in [0.2, 0.25) is 0 Å². The van der Waals surface area contributed by atoms with Gasteiger partial charge >= 0.3 is 24.6 Å². The van der Waals surface area contributed by atoms with Crippen LogP contribution in [0.5, 0.6) is 0 Å². The molecule has 1 aliphatic rings. The Labute approximate surface area is 239 Å². The van der Waals surface area contributed by atoms with E-state index in [2.05, 4.69) is 5.32 Å². The summed E-state index contributed by atoms with van der Waals surface area (Å²) < 4.78 is 125. The third-order valence-electron chi connectivity index (χ3n) is 6.79. The summed E-state index contributed by atoms with van der Waals surface area (Å²) in [6.45, 7) is -0.185. The van der Waals surface area contributed by atoms with Gasteiger partial charge in [0, 0.05) is 36.7 Å². The van der Waals surface area contributed by atoms with Gasteiger partial charge in [-0.3, -0.25) is 10.1 Å². The van der Waals surface area contributed by atoms with E-state index in [1.54, 1.807) is 30.3 Å². The second-order valence-corrected chi connectivity index (χ2v) is 9.89. The first-order valence-corrected chi connectivity index (χ1v) is 12.8. The van der Waals surface area contributed by atoms with E-state index >= 15 is 0 Å². The van der Waals surface area contributed by atoms with Crippen molar-refractivity contribution < 1.29 is 53.8 Å². The molecule has 2 amide bonds. The highest BCUT2D eigenvalue weighted by Crippen LogP contribution is 2.37. The van der Waals surface area contributed by atoms with Crippen molar-refractivity contribution in [2.45, 2.75) is 49.9 Å². The molecule has 230 valence electrons. The topological polar surface area (TPSA) is 58.6 Å². The lowest BCUT2D eigenvalue weighted by Gasteiger charge is -2.39. The molecule has 1 saturated heterocycles. The fourth-order valence-electron chi connectivity index (χ4n) is 4.78. The molecule has 3 aromatic rings. The van der Waals surface area contributed by atoms with Gasteiger partial charge < -0.3 is 9.64 Å². The number of nitrogens with zero attached hydrogens (tertiary/aromatic N) is 1. The molecule has 0 aliphatic carbocycles. The van der Waals surface area contributed by atoms with Crippen LogP contribution in [0.15, 0.2) is 72.8 Å². The van der Waals surface area contributed by atoms with Crippen LogP contribution in [0, 0.1) is 0 Å². The summed E-state index contributed by atoms with van der Waals surface area (Å²) in [7, 11) is 0. The fourth-order valence-corrected chi connectivity index (χ4v) is 4.78. The maximum atomic E-state index is 13.4. The fraction of sp³-hybridized carbons (Fsp3) is 0.310. The first kappa shape index (κ1) is 31.7. The van der Waals surface area contributed by atoms with Crippen LogP contribution < -0.4 is 5.32 Å². The summed E-state index contributed by atoms with van der Waals surface area (Å²) in [4.78, 5) is 27.1. The molecule has 0 aromatic heterocycles. The molecule has 0 saturated carbocycles. The van der Waals surface area contributed by atoms with E-state index in [-0.39, 0.29) is 37.6 Å². The zero-order valence-electron chi connectivity index (χ0n) is 22.0. The minimum atomic E-state index is -5.15. The Morgan fingerprint density at radius 1 is 0.767 bits per heavy atom. The maximum absolute atomic E-state index is 13.4. The van der Waals surface area contributed by atoms with Gasteiger partial charge in [0.15, 0.2) is 0 Å². The van der Waals surface area contributed by atoms with Crippen LogP contribution in [-0.2, 0) is 29.7 Å². The largest absolute Gasteiger partial charge is 0.446 e.